The Bertz CT molecular complexity index is 124. The van der Waals surface area contributed by atoms with Crippen LogP contribution in [0.3, 0.4) is 0 Å². The molecule has 10 heavy (non-hydrogen) atoms. The van der Waals surface area contributed by atoms with Crippen LogP contribution in [0.2, 0.25) is 0 Å². The molecule has 1 spiro atoms. The van der Waals surface area contributed by atoms with Crippen LogP contribution in [-0.4, -0.2) is 21.7 Å². The fraction of sp³-hybridized carbons (Fsp3) is 1.00. The highest BCUT2D eigenvalue weighted by Crippen LogP contribution is 2.49. The molecule has 0 aromatic rings. The van der Waals surface area contributed by atoms with E-state index in [1.165, 1.54) is 31.4 Å². The Hall–Kier alpha value is 0.310. The molecular formula is C8H14OS. The lowest BCUT2D eigenvalue weighted by molar-refractivity contribution is 0.148. The van der Waals surface area contributed by atoms with Crippen molar-refractivity contribution in [3.8, 4) is 0 Å². The molecule has 0 amide bonds. The number of rotatable bonds is 0. The van der Waals surface area contributed by atoms with Gasteiger partial charge in [-0.25, -0.2) is 0 Å². The van der Waals surface area contributed by atoms with Gasteiger partial charge in [-0.1, -0.05) is 0 Å². The van der Waals surface area contributed by atoms with Crippen LogP contribution in [0.15, 0.2) is 0 Å². The first kappa shape index (κ1) is 6.99. The van der Waals surface area contributed by atoms with Crippen LogP contribution in [-0.2, 0) is 0 Å². The van der Waals surface area contributed by atoms with Crippen molar-refractivity contribution in [2.45, 2.75) is 43.0 Å². The van der Waals surface area contributed by atoms with Crippen molar-refractivity contribution >= 4 is 11.8 Å². The van der Waals surface area contributed by atoms with Gasteiger partial charge in [-0.2, -0.15) is 11.8 Å². The summed E-state index contributed by atoms with van der Waals surface area (Å²) in [7, 11) is 0. The van der Waals surface area contributed by atoms with E-state index in [1.807, 2.05) is 11.8 Å². The first-order chi connectivity index (χ1) is 4.83. The molecule has 2 fully saturated rings. The number of hydrogen-bond acceptors (Lipinski definition) is 2. The molecule has 2 heteroatoms. The summed E-state index contributed by atoms with van der Waals surface area (Å²) in [5.74, 6) is 1.27. The molecule has 0 unspecified atom stereocenters. The van der Waals surface area contributed by atoms with Crippen molar-refractivity contribution in [3.05, 3.63) is 0 Å². The van der Waals surface area contributed by atoms with Gasteiger partial charge >= 0.3 is 0 Å². The van der Waals surface area contributed by atoms with E-state index >= 15 is 0 Å². The molecular weight excluding hydrogens is 144 g/mol. The molecule has 1 saturated heterocycles. The highest BCUT2D eigenvalue weighted by atomic mass is 32.2. The molecule has 2 atom stereocenters. The number of thioether (sulfide) groups is 1. The number of aliphatic hydroxyl groups is 1. The van der Waals surface area contributed by atoms with E-state index in [9.17, 15) is 5.11 Å². The zero-order valence-corrected chi connectivity index (χ0v) is 6.99. The zero-order chi connectivity index (χ0) is 7.03. The smallest absolute Gasteiger partial charge is 0.0686 e. The monoisotopic (exact) mass is 158 g/mol. The predicted octanol–water partition coefficient (Wildman–Crippen LogP) is 1.80. The van der Waals surface area contributed by atoms with Crippen molar-refractivity contribution in [2.24, 2.45) is 0 Å². The topological polar surface area (TPSA) is 20.2 Å². The minimum Gasteiger partial charge on any atom is -0.392 e. The van der Waals surface area contributed by atoms with Gasteiger partial charge in [-0.15, -0.1) is 0 Å². The molecule has 0 radical (unpaired) electrons. The van der Waals surface area contributed by atoms with E-state index in [-0.39, 0.29) is 6.10 Å². The first-order valence-electron chi connectivity index (χ1n) is 4.16. The molecule has 1 nitrogen and oxygen atoms in total. The van der Waals surface area contributed by atoms with E-state index in [4.69, 9.17) is 0 Å². The van der Waals surface area contributed by atoms with Crippen molar-refractivity contribution < 1.29 is 5.11 Å². The van der Waals surface area contributed by atoms with Gasteiger partial charge in [-0.05, 0) is 37.9 Å². The quantitative estimate of drug-likeness (QED) is 0.580. The Labute approximate surface area is 66.2 Å². The lowest BCUT2D eigenvalue weighted by atomic mass is 10.00. The van der Waals surface area contributed by atoms with Crippen molar-refractivity contribution in [2.75, 3.05) is 5.75 Å². The van der Waals surface area contributed by atoms with Crippen LogP contribution in [0.1, 0.15) is 32.1 Å². The maximum absolute atomic E-state index is 9.66. The second-order valence-electron chi connectivity index (χ2n) is 3.42. The van der Waals surface area contributed by atoms with E-state index in [0.717, 1.165) is 6.42 Å². The molecule has 2 rings (SSSR count). The minimum atomic E-state index is 0.0139. The third-order valence-electron chi connectivity index (χ3n) is 2.82. The molecule has 0 aromatic carbocycles. The predicted molar refractivity (Wildman–Crippen MR) is 44.3 cm³/mol. The molecule has 58 valence electrons. The largest absolute Gasteiger partial charge is 0.392 e. The molecule has 1 saturated carbocycles. The standard InChI is InChI=1S/C8H14OS/c9-7-3-1-4-8(7)5-2-6-10-8/h7,9H,1-6H2/t7-,8-/m0/s1. The summed E-state index contributed by atoms with van der Waals surface area (Å²) in [6, 6.07) is 0. The summed E-state index contributed by atoms with van der Waals surface area (Å²) in [5, 5.41) is 9.66. The van der Waals surface area contributed by atoms with Gasteiger partial charge in [0.15, 0.2) is 0 Å². The van der Waals surface area contributed by atoms with Crippen LogP contribution < -0.4 is 0 Å². The molecule has 2 aliphatic rings. The van der Waals surface area contributed by atoms with Crippen LogP contribution in [0.25, 0.3) is 0 Å². The van der Waals surface area contributed by atoms with Crippen molar-refractivity contribution in [3.63, 3.8) is 0 Å². The summed E-state index contributed by atoms with van der Waals surface area (Å²) in [5.41, 5.74) is 0. The second kappa shape index (κ2) is 2.42. The Morgan fingerprint density at radius 1 is 1.30 bits per heavy atom. The lowest BCUT2D eigenvalue weighted by Gasteiger charge is -2.25. The van der Waals surface area contributed by atoms with Crippen LogP contribution in [0.4, 0.5) is 0 Å². The summed E-state index contributed by atoms with van der Waals surface area (Å²) in [4.78, 5) is 0. The minimum absolute atomic E-state index is 0.0139. The Balaban J connectivity index is 2.11. The molecule has 1 heterocycles. The van der Waals surface area contributed by atoms with E-state index in [1.54, 1.807) is 0 Å². The van der Waals surface area contributed by atoms with Gasteiger partial charge in [0.2, 0.25) is 0 Å². The third kappa shape index (κ3) is 0.892. The van der Waals surface area contributed by atoms with E-state index in [2.05, 4.69) is 0 Å². The molecule has 1 aliphatic carbocycles. The lowest BCUT2D eigenvalue weighted by Crippen LogP contribution is -2.30. The van der Waals surface area contributed by atoms with E-state index in [0.29, 0.717) is 4.75 Å². The summed E-state index contributed by atoms with van der Waals surface area (Å²) in [6.07, 6.45) is 6.15. The van der Waals surface area contributed by atoms with Gasteiger partial charge in [0.1, 0.15) is 0 Å². The fourth-order valence-corrected chi connectivity index (χ4v) is 3.79. The van der Waals surface area contributed by atoms with Crippen molar-refractivity contribution in [1.29, 1.82) is 0 Å². The second-order valence-corrected chi connectivity index (χ2v) is 4.93. The Morgan fingerprint density at radius 3 is 2.60 bits per heavy atom. The van der Waals surface area contributed by atoms with Gasteiger partial charge in [-0.3, -0.25) is 0 Å². The number of aliphatic hydroxyl groups excluding tert-OH is 1. The normalized spacial score (nSPS) is 47.1. The highest BCUT2D eigenvalue weighted by molar-refractivity contribution is 8.01. The van der Waals surface area contributed by atoms with Crippen LogP contribution >= 0.6 is 11.8 Å². The van der Waals surface area contributed by atoms with Gasteiger partial charge in [0.25, 0.3) is 0 Å². The fourth-order valence-electron chi connectivity index (χ4n) is 2.20. The summed E-state index contributed by atoms with van der Waals surface area (Å²) < 4.78 is 0.319. The van der Waals surface area contributed by atoms with Gasteiger partial charge in [0.05, 0.1) is 6.10 Å². The maximum Gasteiger partial charge on any atom is 0.0686 e. The first-order valence-corrected chi connectivity index (χ1v) is 5.14. The molecule has 0 aromatic heterocycles. The van der Waals surface area contributed by atoms with Crippen molar-refractivity contribution in [1.82, 2.24) is 0 Å². The van der Waals surface area contributed by atoms with Gasteiger partial charge in [0, 0.05) is 4.75 Å². The Kier molecular flexibility index (Phi) is 1.69. The highest BCUT2D eigenvalue weighted by Gasteiger charge is 2.44. The Morgan fingerprint density at radius 2 is 2.10 bits per heavy atom. The van der Waals surface area contributed by atoms with Crippen LogP contribution in [0, 0.1) is 0 Å². The zero-order valence-electron chi connectivity index (χ0n) is 6.18. The molecule has 1 N–H and O–H groups in total. The maximum atomic E-state index is 9.66. The SMILES string of the molecule is O[C@H]1CCC[C@]12CCCS2. The van der Waals surface area contributed by atoms with E-state index < -0.39 is 0 Å². The third-order valence-corrected chi connectivity index (χ3v) is 4.57. The molecule has 0 bridgehead atoms. The average Bonchev–Trinajstić information content (AvgIpc) is 2.48. The summed E-state index contributed by atoms with van der Waals surface area (Å²) in [6.45, 7) is 0. The van der Waals surface area contributed by atoms with Crippen LogP contribution in [0.5, 0.6) is 0 Å². The number of hydrogen-bond donors (Lipinski definition) is 1. The summed E-state index contributed by atoms with van der Waals surface area (Å²) >= 11 is 2.01. The molecule has 1 aliphatic heterocycles. The average molecular weight is 158 g/mol. The van der Waals surface area contributed by atoms with Gasteiger partial charge < -0.3 is 5.11 Å².